The molecule has 208 valence electrons. The second-order valence-corrected chi connectivity index (χ2v) is 12.0. The van der Waals surface area contributed by atoms with Gasteiger partial charge in [0.2, 0.25) is 5.91 Å². The number of carbonyl (C=O) groups excluding carboxylic acids is 1. The van der Waals surface area contributed by atoms with Gasteiger partial charge in [-0.1, -0.05) is 12.1 Å². The largest absolute Gasteiger partial charge is 0.497 e. The summed E-state index contributed by atoms with van der Waals surface area (Å²) in [6, 6.07) is 11.9. The van der Waals surface area contributed by atoms with Crippen LogP contribution < -0.4 is 14.9 Å². The summed E-state index contributed by atoms with van der Waals surface area (Å²) in [5, 5.41) is 5.70. The minimum absolute atomic E-state index is 0.0282. The van der Waals surface area contributed by atoms with Crippen LogP contribution in [0.2, 0.25) is 0 Å². The van der Waals surface area contributed by atoms with Crippen molar-refractivity contribution in [2.75, 3.05) is 13.7 Å². The molecule has 2 saturated heterocycles. The maximum absolute atomic E-state index is 13.1. The second kappa shape index (κ2) is 9.86. The number of methoxy groups -OCH3 is 1. The average Bonchev–Trinajstić information content (AvgIpc) is 3.48. The van der Waals surface area contributed by atoms with E-state index < -0.39 is 18.3 Å². The quantitative estimate of drug-likeness (QED) is 0.415. The van der Waals surface area contributed by atoms with Gasteiger partial charge < -0.3 is 23.7 Å². The third-order valence-corrected chi connectivity index (χ3v) is 8.96. The molecule has 3 atom stereocenters. The van der Waals surface area contributed by atoms with Crippen LogP contribution in [0.1, 0.15) is 65.3 Å². The molecule has 5 rings (SSSR count). The fourth-order valence-corrected chi connectivity index (χ4v) is 5.48. The Morgan fingerprint density at radius 1 is 1.08 bits per heavy atom. The standard InChI is InChI=1S/C30H40BN3O5/c1-18(21-10-12-24(36-9)13-11-21)34-17-22(14-27(34)35)20(3)37-26-16-23(15-25-28(26)19(2)33(8)32-25)31-38-29(4,5)30(6,7)39-31/h10-13,15-16,18,20,22H,14,17H2,1-9H3/t18?,20?,22-/m1/s1. The Labute approximate surface area is 231 Å². The van der Waals surface area contributed by atoms with Crippen LogP contribution in [0.25, 0.3) is 10.9 Å². The minimum Gasteiger partial charge on any atom is -0.497 e. The molecule has 0 saturated carbocycles. The van der Waals surface area contributed by atoms with Crippen LogP contribution in [0, 0.1) is 12.8 Å². The zero-order valence-electron chi connectivity index (χ0n) is 24.6. The van der Waals surface area contributed by atoms with Crippen molar-refractivity contribution in [2.45, 2.75) is 78.2 Å². The highest BCUT2D eigenvalue weighted by atomic mass is 16.7. The van der Waals surface area contributed by atoms with Crippen LogP contribution >= 0.6 is 0 Å². The molecule has 2 aromatic carbocycles. The van der Waals surface area contributed by atoms with E-state index in [0.29, 0.717) is 13.0 Å². The number of rotatable bonds is 7. The fraction of sp³-hybridized carbons (Fsp3) is 0.533. The number of ether oxygens (including phenoxy) is 2. The van der Waals surface area contributed by atoms with Gasteiger partial charge in [-0.3, -0.25) is 9.48 Å². The molecular weight excluding hydrogens is 493 g/mol. The fourth-order valence-electron chi connectivity index (χ4n) is 5.48. The van der Waals surface area contributed by atoms with E-state index in [1.54, 1.807) is 7.11 Å². The molecule has 3 aromatic rings. The van der Waals surface area contributed by atoms with Gasteiger partial charge in [0.05, 0.1) is 35.3 Å². The predicted molar refractivity (Wildman–Crippen MR) is 152 cm³/mol. The first-order valence-electron chi connectivity index (χ1n) is 13.7. The van der Waals surface area contributed by atoms with Crippen LogP contribution in [0.15, 0.2) is 36.4 Å². The maximum atomic E-state index is 13.1. The van der Waals surface area contributed by atoms with E-state index in [1.165, 1.54) is 0 Å². The van der Waals surface area contributed by atoms with E-state index in [9.17, 15) is 4.79 Å². The Morgan fingerprint density at radius 2 is 1.72 bits per heavy atom. The Balaban J connectivity index is 1.38. The number of hydrogen-bond donors (Lipinski definition) is 0. The summed E-state index contributed by atoms with van der Waals surface area (Å²) in [4.78, 5) is 15.1. The van der Waals surface area contributed by atoms with Gasteiger partial charge in [0.15, 0.2) is 0 Å². The molecule has 2 aliphatic rings. The molecule has 2 unspecified atom stereocenters. The topological polar surface area (TPSA) is 75.1 Å². The molecule has 2 fully saturated rings. The Kier molecular flexibility index (Phi) is 6.96. The zero-order chi connectivity index (χ0) is 28.3. The third kappa shape index (κ3) is 4.91. The minimum atomic E-state index is -0.520. The first kappa shape index (κ1) is 27.5. The molecule has 0 bridgehead atoms. The van der Waals surface area contributed by atoms with Crippen LogP contribution in [0.4, 0.5) is 0 Å². The monoisotopic (exact) mass is 533 g/mol. The van der Waals surface area contributed by atoms with Crippen molar-refractivity contribution in [2.24, 2.45) is 13.0 Å². The number of carbonyl (C=O) groups is 1. The lowest BCUT2D eigenvalue weighted by Crippen LogP contribution is -2.41. The van der Waals surface area contributed by atoms with Crippen molar-refractivity contribution in [3.05, 3.63) is 47.7 Å². The Bertz CT molecular complexity index is 1370. The molecular formula is C30H40BN3O5. The number of hydrogen-bond acceptors (Lipinski definition) is 6. The summed E-state index contributed by atoms with van der Waals surface area (Å²) in [6.45, 7) is 15.0. The van der Waals surface area contributed by atoms with E-state index in [0.717, 1.165) is 39.1 Å². The van der Waals surface area contributed by atoms with Gasteiger partial charge in [-0.25, -0.2) is 0 Å². The SMILES string of the molecule is COc1ccc(C(C)N2C[C@H](C(C)Oc3cc(B4OC(C)(C)C(C)(C)O4)cc4nn(C)c(C)c34)CC2=O)cc1. The molecule has 8 nitrogen and oxygen atoms in total. The van der Waals surface area contributed by atoms with Crippen molar-refractivity contribution in [1.29, 1.82) is 0 Å². The van der Waals surface area contributed by atoms with E-state index in [2.05, 4.69) is 13.8 Å². The molecule has 0 spiro atoms. The Hall–Kier alpha value is -3.04. The highest BCUT2D eigenvalue weighted by molar-refractivity contribution is 6.62. The number of amides is 1. The van der Waals surface area contributed by atoms with E-state index in [-0.39, 0.29) is 24.0 Å². The molecule has 2 aliphatic heterocycles. The maximum Gasteiger partial charge on any atom is 0.495 e. The highest BCUT2D eigenvalue weighted by Crippen LogP contribution is 2.38. The van der Waals surface area contributed by atoms with Gasteiger partial charge in [0.1, 0.15) is 17.6 Å². The number of fused-ring (bicyclic) bond motifs is 1. The first-order chi connectivity index (χ1) is 18.3. The molecule has 3 heterocycles. The summed E-state index contributed by atoms with van der Waals surface area (Å²) < 4.78 is 26.5. The van der Waals surface area contributed by atoms with Gasteiger partial charge in [-0.2, -0.15) is 5.10 Å². The molecule has 39 heavy (non-hydrogen) atoms. The second-order valence-electron chi connectivity index (χ2n) is 12.0. The smallest absolute Gasteiger partial charge is 0.495 e. The Morgan fingerprint density at radius 3 is 2.33 bits per heavy atom. The number of aromatic nitrogens is 2. The molecule has 0 N–H and O–H groups in total. The summed E-state index contributed by atoms with van der Waals surface area (Å²) in [5.41, 5.74) is 2.91. The zero-order valence-corrected chi connectivity index (χ0v) is 24.6. The summed E-state index contributed by atoms with van der Waals surface area (Å²) in [7, 11) is 3.07. The van der Waals surface area contributed by atoms with Gasteiger partial charge in [-0.15, -0.1) is 0 Å². The molecule has 0 aliphatic carbocycles. The molecule has 1 amide bonds. The van der Waals surface area contributed by atoms with Gasteiger partial charge in [0.25, 0.3) is 0 Å². The number of aryl methyl sites for hydroxylation is 2. The van der Waals surface area contributed by atoms with E-state index >= 15 is 0 Å². The van der Waals surface area contributed by atoms with Gasteiger partial charge in [-0.05, 0) is 83.8 Å². The summed E-state index contributed by atoms with van der Waals surface area (Å²) >= 11 is 0. The van der Waals surface area contributed by atoms with Crippen molar-refractivity contribution in [1.82, 2.24) is 14.7 Å². The lowest BCUT2D eigenvalue weighted by atomic mass is 9.78. The predicted octanol–water partition coefficient (Wildman–Crippen LogP) is 4.57. The summed E-state index contributed by atoms with van der Waals surface area (Å²) in [5.74, 6) is 1.75. The summed E-state index contributed by atoms with van der Waals surface area (Å²) in [6.07, 6.45) is 0.270. The lowest BCUT2D eigenvalue weighted by Gasteiger charge is -2.32. The van der Waals surface area contributed by atoms with Crippen LogP contribution in [-0.4, -0.2) is 58.7 Å². The van der Waals surface area contributed by atoms with Crippen molar-refractivity contribution < 1.29 is 23.6 Å². The number of likely N-dealkylation sites (tertiary alicyclic amines) is 1. The van der Waals surface area contributed by atoms with Crippen molar-refractivity contribution >= 4 is 29.4 Å². The number of nitrogens with zero attached hydrogens (tertiary/aromatic N) is 3. The van der Waals surface area contributed by atoms with Crippen molar-refractivity contribution in [3.63, 3.8) is 0 Å². The van der Waals surface area contributed by atoms with E-state index in [4.69, 9.17) is 23.9 Å². The third-order valence-electron chi connectivity index (χ3n) is 8.96. The van der Waals surface area contributed by atoms with Crippen LogP contribution in [0.5, 0.6) is 11.5 Å². The van der Waals surface area contributed by atoms with Gasteiger partial charge >= 0.3 is 7.12 Å². The average molecular weight is 533 g/mol. The molecule has 0 radical (unpaired) electrons. The normalized spacial score (nSPS) is 22.0. The number of benzene rings is 2. The molecule has 1 aromatic heterocycles. The first-order valence-corrected chi connectivity index (χ1v) is 13.7. The highest BCUT2D eigenvalue weighted by Gasteiger charge is 2.52. The van der Waals surface area contributed by atoms with Crippen LogP contribution in [-0.2, 0) is 21.2 Å². The lowest BCUT2D eigenvalue weighted by molar-refractivity contribution is -0.129. The van der Waals surface area contributed by atoms with Gasteiger partial charge in [0, 0.05) is 31.6 Å². The molecule has 9 heteroatoms. The van der Waals surface area contributed by atoms with Crippen molar-refractivity contribution in [3.8, 4) is 11.5 Å². The van der Waals surface area contributed by atoms with E-state index in [1.807, 2.05) is 87.6 Å². The van der Waals surface area contributed by atoms with Crippen LogP contribution in [0.3, 0.4) is 0 Å².